The van der Waals surface area contributed by atoms with Crippen LogP contribution >= 0.6 is 22.9 Å². The highest BCUT2D eigenvalue weighted by Crippen LogP contribution is 2.33. The molecule has 0 spiro atoms. The predicted octanol–water partition coefficient (Wildman–Crippen LogP) is 3.08. The van der Waals surface area contributed by atoms with Crippen molar-refractivity contribution < 1.29 is 14.4 Å². The fraction of sp³-hybridized carbons (Fsp3) is 0.500. The Bertz CT molecular complexity index is 925. The molecule has 3 amide bonds. The number of imide groups is 1. The largest absolute Gasteiger partial charge is 0.302 e. The summed E-state index contributed by atoms with van der Waals surface area (Å²) in [5.41, 5.74) is 1.75. The zero-order valence-electron chi connectivity index (χ0n) is 16.9. The second kappa shape index (κ2) is 9.19. The average molecular weight is 437 g/mol. The maximum atomic E-state index is 13.1. The first-order valence-electron chi connectivity index (χ1n) is 9.76. The van der Waals surface area contributed by atoms with Gasteiger partial charge in [0.1, 0.15) is 6.54 Å². The van der Waals surface area contributed by atoms with Gasteiger partial charge in [-0.15, -0.1) is 0 Å². The van der Waals surface area contributed by atoms with Crippen molar-refractivity contribution in [3.63, 3.8) is 0 Å². The van der Waals surface area contributed by atoms with Crippen molar-refractivity contribution in [1.82, 2.24) is 14.8 Å². The standard InChI is InChI=1S/C20H25ClN4O3S/c1-4-23(5-2)8-9-24(18(28)12-25-16(26)6-7-17(25)27)20-22-19-13(3)10-14(21)11-15(19)29-20/h10-11H,4-9,12H2,1-3H3. The van der Waals surface area contributed by atoms with Crippen molar-refractivity contribution in [2.75, 3.05) is 37.6 Å². The molecule has 1 aromatic carbocycles. The lowest BCUT2D eigenvalue weighted by Crippen LogP contribution is -2.45. The summed E-state index contributed by atoms with van der Waals surface area (Å²) in [6, 6.07) is 3.68. The second-order valence-corrected chi connectivity index (χ2v) is 8.46. The summed E-state index contributed by atoms with van der Waals surface area (Å²) in [4.78, 5) is 46.6. The van der Waals surface area contributed by atoms with Gasteiger partial charge < -0.3 is 4.90 Å². The minimum absolute atomic E-state index is 0.171. The van der Waals surface area contributed by atoms with Crippen LogP contribution < -0.4 is 4.90 Å². The quantitative estimate of drug-likeness (QED) is 0.594. The number of likely N-dealkylation sites (tertiary alicyclic amines) is 1. The van der Waals surface area contributed by atoms with E-state index in [0.717, 1.165) is 33.8 Å². The Kier molecular flexibility index (Phi) is 6.87. The number of hydrogen-bond acceptors (Lipinski definition) is 6. The number of thiazole rings is 1. The molecule has 1 fully saturated rings. The molecule has 9 heteroatoms. The SMILES string of the molecule is CCN(CC)CCN(C(=O)CN1C(=O)CCC1=O)c1nc2c(C)cc(Cl)cc2s1. The number of carbonyl (C=O) groups is 3. The molecule has 0 atom stereocenters. The first-order chi connectivity index (χ1) is 13.8. The molecular weight excluding hydrogens is 412 g/mol. The number of aromatic nitrogens is 1. The molecule has 3 rings (SSSR count). The number of likely N-dealkylation sites (N-methyl/N-ethyl adjacent to an activating group) is 1. The summed E-state index contributed by atoms with van der Waals surface area (Å²) >= 11 is 7.56. The van der Waals surface area contributed by atoms with Crippen LogP contribution in [0.25, 0.3) is 10.2 Å². The van der Waals surface area contributed by atoms with E-state index in [2.05, 4.69) is 23.7 Å². The van der Waals surface area contributed by atoms with Crippen LogP contribution in [0.2, 0.25) is 5.02 Å². The Morgan fingerprint density at radius 3 is 2.45 bits per heavy atom. The molecule has 0 N–H and O–H groups in total. The van der Waals surface area contributed by atoms with Crippen molar-refractivity contribution in [3.05, 3.63) is 22.7 Å². The third-order valence-corrected chi connectivity index (χ3v) is 6.40. The van der Waals surface area contributed by atoms with Gasteiger partial charge in [-0.1, -0.05) is 36.8 Å². The van der Waals surface area contributed by atoms with Crippen LogP contribution in [-0.4, -0.2) is 65.2 Å². The Morgan fingerprint density at radius 1 is 1.17 bits per heavy atom. The monoisotopic (exact) mass is 436 g/mol. The minimum atomic E-state index is -0.302. The van der Waals surface area contributed by atoms with E-state index in [0.29, 0.717) is 23.2 Å². The predicted molar refractivity (Wildman–Crippen MR) is 115 cm³/mol. The van der Waals surface area contributed by atoms with Crippen LogP contribution in [0, 0.1) is 6.92 Å². The topological polar surface area (TPSA) is 73.8 Å². The smallest absolute Gasteiger partial charge is 0.248 e. The first kappa shape index (κ1) is 21.7. The number of carbonyl (C=O) groups excluding carboxylic acids is 3. The Balaban J connectivity index is 1.90. The van der Waals surface area contributed by atoms with Crippen LogP contribution in [0.1, 0.15) is 32.3 Å². The summed E-state index contributed by atoms with van der Waals surface area (Å²) in [5.74, 6) is -0.887. The van der Waals surface area contributed by atoms with Crippen LogP contribution in [-0.2, 0) is 14.4 Å². The molecule has 0 radical (unpaired) electrons. The number of halogens is 1. The summed E-state index contributed by atoms with van der Waals surface area (Å²) < 4.78 is 0.902. The fourth-order valence-corrected chi connectivity index (χ4v) is 4.85. The van der Waals surface area contributed by atoms with E-state index in [1.807, 2.05) is 19.1 Å². The minimum Gasteiger partial charge on any atom is -0.302 e. The molecule has 2 heterocycles. The summed E-state index contributed by atoms with van der Waals surface area (Å²) in [7, 11) is 0. The normalized spacial score (nSPS) is 14.4. The lowest BCUT2D eigenvalue weighted by molar-refractivity contribution is -0.141. The van der Waals surface area contributed by atoms with E-state index in [-0.39, 0.29) is 37.1 Å². The Morgan fingerprint density at radius 2 is 1.83 bits per heavy atom. The zero-order valence-corrected chi connectivity index (χ0v) is 18.5. The van der Waals surface area contributed by atoms with E-state index >= 15 is 0 Å². The van der Waals surface area contributed by atoms with E-state index in [1.165, 1.54) is 11.3 Å². The molecule has 0 unspecified atom stereocenters. The molecule has 1 aromatic heterocycles. The number of hydrogen-bond donors (Lipinski definition) is 0. The third-order valence-electron chi connectivity index (χ3n) is 5.15. The van der Waals surface area contributed by atoms with Gasteiger partial charge in [0.25, 0.3) is 0 Å². The highest BCUT2D eigenvalue weighted by molar-refractivity contribution is 7.22. The van der Waals surface area contributed by atoms with Gasteiger partial charge in [-0.2, -0.15) is 0 Å². The highest BCUT2D eigenvalue weighted by atomic mass is 35.5. The number of amides is 3. The van der Waals surface area contributed by atoms with E-state index < -0.39 is 0 Å². The van der Waals surface area contributed by atoms with Crippen LogP contribution in [0.15, 0.2) is 12.1 Å². The number of rotatable bonds is 8. The van der Waals surface area contributed by atoms with Gasteiger partial charge in [-0.3, -0.25) is 24.2 Å². The summed E-state index contributed by atoms with van der Waals surface area (Å²) in [5, 5.41) is 1.18. The van der Waals surface area contributed by atoms with Crippen molar-refractivity contribution in [3.8, 4) is 0 Å². The molecule has 156 valence electrons. The molecule has 0 aliphatic carbocycles. The summed E-state index contributed by atoms with van der Waals surface area (Å²) in [6.07, 6.45) is 0.342. The van der Waals surface area contributed by atoms with Gasteiger partial charge in [-0.05, 0) is 37.7 Å². The number of anilines is 1. The molecule has 29 heavy (non-hydrogen) atoms. The molecule has 1 aliphatic heterocycles. The van der Waals surface area contributed by atoms with Crippen molar-refractivity contribution in [2.24, 2.45) is 0 Å². The Hall–Kier alpha value is -2.03. The average Bonchev–Trinajstić information content (AvgIpc) is 3.23. The van der Waals surface area contributed by atoms with Crippen molar-refractivity contribution in [1.29, 1.82) is 0 Å². The number of benzene rings is 1. The number of aryl methyl sites for hydroxylation is 1. The van der Waals surface area contributed by atoms with E-state index in [4.69, 9.17) is 11.6 Å². The molecule has 0 saturated carbocycles. The van der Waals surface area contributed by atoms with Crippen LogP contribution in [0.4, 0.5) is 5.13 Å². The van der Waals surface area contributed by atoms with E-state index in [1.54, 1.807) is 4.90 Å². The maximum Gasteiger partial charge on any atom is 0.248 e. The lowest BCUT2D eigenvalue weighted by atomic mass is 10.2. The molecule has 1 saturated heterocycles. The molecular formula is C20H25ClN4O3S. The lowest BCUT2D eigenvalue weighted by Gasteiger charge is -2.26. The highest BCUT2D eigenvalue weighted by Gasteiger charge is 2.33. The number of nitrogens with zero attached hydrogens (tertiary/aromatic N) is 4. The van der Waals surface area contributed by atoms with Gasteiger partial charge in [0.05, 0.1) is 10.2 Å². The molecule has 1 aliphatic rings. The van der Waals surface area contributed by atoms with Gasteiger partial charge >= 0.3 is 0 Å². The fourth-order valence-electron chi connectivity index (χ4n) is 3.39. The van der Waals surface area contributed by atoms with Gasteiger partial charge in [-0.25, -0.2) is 4.98 Å². The van der Waals surface area contributed by atoms with Crippen LogP contribution in [0.3, 0.4) is 0 Å². The first-order valence-corrected chi connectivity index (χ1v) is 11.0. The maximum absolute atomic E-state index is 13.1. The summed E-state index contributed by atoms with van der Waals surface area (Å²) in [6.45, 7) is 8.68. The third kappa shape index (κ3) is 4.76. The molecule has 2 aromatic rings. The van der Waals surface area contributed by atoms with Crippen molar-refractivity contribution in [2.45, 2.75) is 33.6 Å². The van der Waals surface area contributed by atoms with Gasteiger partial charge in [0, 0.05) is 31.0 Å². The second-order valence-electron chi connectivity index (χ2n) is 7.01. The number of fused-ring (bicyclic) bond motifs is 1. The Labute approximate surface area is 179 Å². The van der Waals surface area contributed by atoms with Crippen molar-refractivity contribution >= 4 is 56.0 Å². The van der Waals surface area contributed by atoms with Gasteiger partial charge in [0.2, 0.25) is 17.7 Å². The van der Waals surface area contributed by atoms with Gasteiger partial charge in [0.15, 0.2) is 5.13 Å². The molecule has 0 bridgehead atoms. The van der Waals surface area contributed by atoms with Crippen LogP contribution in [0.5, 0.6) is 0 Å². The zero-order chi connectivity index (χ0) is 21.1. The molecule has 7 nitrogen and oxygen atoms in total. The van der Waals surface area contributed by atoms with E-state index in [9.17, 15) is 14.4 Å².